The quantitative estimate of drug-likeness (QED) is 0.335. The molecule has 1 amide bonds. The Balaban J connectivity index is 1.91. The zero-order chi connectivity index (χ0) is 26.8. The molecular formula is C30H40N6O. The molecule has 7 heteroatoms. The topological polar surface area (TPSA) is 82.5 Å². The maximum absolute atomic E-state index is 11.3. The van der Waals surface area contributed by atoms with E-state index in [-0.39, 0.29) is 5.91 Å². The summed E-state index contributed by atoms with van der Waals surface area (Å²) in [7, 11) is 5.77. The van der Waals surface area contributed by atoms with E-state index in [2.05, 4.69) is 34.3 Å². The predicted octanol–water partition coefficient (Wildman–Crippen LogP) is 5.44. The Morgan fingerprint density at radius 1 is 1.22 bits per heavy atom. The highest BCUT2D eigenvalue weighted by Gasteiger charge is 2.23. The Morgan fingerprint density at radius 3 is 2.59 bits per heavy atom. The van der Waals surface area contributed by atoms with Gasteiger partial charge in [0.1, 0.15) is 5.82 Å². The summed E-state index contributed by atoms with van der Waals surface area (Å²) in [6.07, 6.45) is 13.9. The van der Waals surface area contributed by atoms with Gasteiger partial charge in [-0.25, -0.2) is 9.97 Å². The lowest BCUT2D eigenvalue weighted by atomic mass is 9.86. The van der Waals surface area contributed by atoms with Gasteiger partial charge in [0, 0.05) is 76.0 Å². The van der Waals surface area contributed by atoms with Crippen molar-refractivity contribution in [3.8, 4) is 11.4 Å². The first-order valence-electron chi connectivity index (χ1n) is 12.9. The van der Waals surface area contributed by atoms with Gasteiger partial charge in [-0.15, -0.1) is 0 Å². The maximum Gasteiger partial charge on any atom is 0.216 e. The molecule has 1 aliphatic carbocycles. The van der Waals surface area contributed by atoms with Gasteiger partial charge in [0.15, 0.2) is 5.82 Å². The van der Waals surface area contributed by atoms with Gasteiger partial charge < -0.3 is 15.5 Å². The van der Waals surface area contributed by atoms with Crippen molar-refractivity contribution in [2.75, 3.05) is 33.0 Å². The molecule has 0 unspecified atom stereocenters. The van der Waals surface area contributed by atoms with Crippen LogP contribution in [0.2, 0.25) is 0 Å². The minimum atomic E-state index is 0.0383. The van der Waals surface area contributed by atoms with Crippen molar-refractivity contribution in [3.05, 3.63) is 66.5 Å². The molecule has 7 nitrogen and oxygen atoms in total. The monoisotopic (exact) mass is 500 g/mol. The summed E-state index contributed by atoms with van der Waals surface area (Å²) in [4.78, 5) is 27.3. The van der Waals surface area contributed by atoms with Crippen molar-refractivity contribution < 1.29 is 4.79 Å². The highest BCUT2D eigenvalue weighted by Crippen LogP contribution is 2.30. The Morgan fingerprint density at radius 2 is 1.97 bits per heavy atom. The van der Waals surface area contributed by atoms with Crippen LogP contribution in [0.1, 0.15) is 50.7 Å². The van der Waals surface area contributed by atoms with E-state index in [9.17, 15) is 4.79 Å². The van der Waals surface area contributed by atoms with Gasteiger partial charge >= 0.3 is 0 Å². The minimum Gasteiger partial charge on any atom is -0.383 e. The molecule has 0 atom stereocenters. The SMILES string of the molecule is C=C/C(=C\N(C)C)c1cccc(-c2ncc(C(/C=N\C)=C/C)c(NC3CCC(CNC(C)=O)CC3)n2)c1. The number of carbonyl (C=O) groups is 1. The third kappa shape index (κ3) is 7.87. The van der Waals surface area contributed by atoms with Gasteiger partial charge in [-0.3, -0.25) is 9.79 Å². The van der Waals surface area contributed by atoms with Crippen LogP contribution in [0.25, 0.3) is 22.5 Å². The maximum atomic E-state index is 11.3. The standard InChI is InChI=1S/C30H40N6O/c1-7-23(18-31-4)28-19-33-29(26-11-9-10-25(16-26)24(8-2)20-36(5)6)35-30(28)34-27-14-12-22(13-15-27)17-32-21(3)37/h7-11,16,18-20,22,27H,2,12-15,17H2,1,3-6H3,(H,32,37)(H,33,34,35)/b23-7+,24-20+,31-18-. The van der Waals surface area contributed by atoms with Crippen molar-refractivity contribution >= 4 is 29.1 Å². The van der Waals surface area contributed by atoms with Crippen LogP contribution in [0.15, 0.2) is 60.4 Å². The predicted molar refractivity (Wildman–Crippen MR) is 155 cm³/mol. The van der Waals surface area contributed by atoms with E-state index in [1.54, 1.807) is 14.0 Å². The van der Waals surface area contributed by atoms with E-state index in [0.717, 1.165) is 65.9 Å². The summed E-state index contributed by atoms with van der Waals surface area (Å²) < 4.78 is 0. The third-order valence-corrected chi connectivity index (χ3v) is 6.58. The fourth-order valence-electron chi connectivity index (χ4n) is 4.63. The molecule has 1 saturated carbocycles. The van der Waals surface area contributed by atoms with Crippen molar-refractivity contribution in [1.29, 1.82) is 0 Å². The van der Waals surface area contributed by atoms with E-state index < -0.39 is 0 Å². The van der Waals surface area contributed by atoms with E-state index in [1.165, 1.54) is 0 Å². The molecule has 2 aromatic rings. The highest BCUT2D eigenvalue weighted by molar-refractivity contribution is 6.11. The number of aliphatic imine (C=N–C) groups is 1. The second kappa shape index (κ2) is 13.5. The van der Waals surface area contributed by atoms with E-state index in [1.807, 2.05) is 68.8 Å². The van der Waals surface area contributed by atoms with Crippen molar-refractivity contribution in [3.63, 3.8) is 0 Å². The first-order valence-corrected chi connectivity index (χ1v) is 12.9. The van der Waals surface area contributed by atoms with Gasteiger partial charge in [0.25, 0.3) is 0 Å². The summed E-state index contributed by atoms with van der Waals surface area (Å²) >= 11 is 0. The van der Waals surface area contributed by atoms with Crippen LogP contribution in [0.5, 0.6) is 0 Å². The Hall–Kier alpha value is -3.74. The molecule has 0 spiro atoms. The van der Waals surface area contributed by atoms with Crippen molar-refractivity contribution in [1.82, 2.24) is 20.2 Å². The number of allylic oxidation sites excluding steroid dienone is 4. The molecule has 1 aromatic heterocycles. The number of carbonyl (C=O) groups excluding carboxylic acids is 1. The molecule has 2 N–H and O–H groups in total. The first-order chi connectivity index (χ1) is 17.8. The number of rotatable bonds is 10. The summed E-state index contributed by atoms with van der Waals surface area (Å²) in [5.41, 5.74) is 4.96. The van der Waals surface area contributed by atoms with Crippen LogP contribution in [-0.2, 0) is 4.79 Å². The Bertz CT molecular complexity index is 1170. The highest BCUT2D eigenvalue weighted by atomic mass is 16.1. The minimum absolute atomic E-state index is 0.0383. The van der Waals surface area contributed by atoms with Gasteiger partial charge in [-0.05, 0) is 55.7 Å². The number of hydrogen-bond donors (Lipinski definition) is 2. The van der Waals surface area contributed by atoms with Crippen LogP contribution in [0.3, 0.4) is 0 Å². The first kappa shape index (κ1) is 27.8. The van der Waals surface area contributed by atoms with Gasteiger partial charge in [-0.2, -0.15) is 0 Å². The molecule has 0 bridgehead atoms. The molecule has 196 valence electrons. The molecule has 37 heavy (non-hydrogen) atoms. The molecule has 0 aliphatic heterocycles. The van der Waals surface area contributed by atoms with Gasteiger partial charge in [0.05, 0.1) is 0 Å². The van der Waals surface area contributed by atoms with E-state index in [4.69, 9.17) is 9.97 Å². The van der Waals surface area contributed by atoms with Gasteiger partial charge in [-0.1, -0.05) is 36.9 Å². The molecule has 0 saturated heterocycles. The van der Waals surface area contributed by atoms with Crippen LogP contribution in [0.4, 0.5) is 5.82 Å². The molecule has 1 aromatic carbocycles. The zero-order valence-electron chi connectivity index (χ0n) is 22.8. The molecule has 1 heterocycles. The van der Waals surface area contributed by atoms with Crippen LogP contribution in [0, 0.1) is 5.92 Å². The van der Waals surface area contributed by atoms with Crippen LogP contribution in [-0.4, -0.2) is 60.7 Å². The second-order valence-electron chi connectivity index (χ2n) is 9.72. The molecule has 1 aliphatic rings. The number of nitrogens with one attached hydrogen (secondary N) is 2. The summed E-state index contributed by atoms with van der Waals surface area (Å²) in [5.74, 6) is 2.06. The number of aromatic nitrogens is 2. The lowest BCUT2D eigenvalue weighted by Gasteiger charge is -2.30. The van der Waals surface area contributed by atoms with Crippen LogP contribution >= 0.6 is 0 Å². The Labute approximate surface area is 221 Å². The molecule has 1 fully saturated rings. The smallest absolute Gasteiger partial charge is 0.216 e. The summed E-state index contributed by atoms with van der Waals surface area (Å²) in [6, 6.07) is 8.56. The molecule has 0 radical (unpaired) electrons. The fourth-order valence-corrected chi connectivity index (χ4v) is 4.63. The average molecular weight is 501 g/mol. The fraction of sp³-hybridized carbons (Fsp3) is 0.400. The normalized spacial score (nSPS) is 18.5. The largest absolute Gasteiger partial charge is 0.383 e. The number of nitrogens with zero attached hydrogens (tertiary/aromatic N) is 4. The average Bonchev–Trinajstić information content (AvgIpc) is 2.90. The molecule has 3 rings (SSSR count). The number of benzene rings is 1. The zero-order valence-corrected chi connectivity index (χ0v) is 22.8. The molecular weight excluding hydrogens is 460 g/mol. The third-order valence-electron chi connectivity index (χ3n) is 6.58. The summed E-state index contributed by atoms with van der Waals surface area (Å²) in [5, 5.41) is 6.68. The van der Waals surface area contributed by atoms with Crippen LogP contribution < -0.4 is 10.6 Å². The number of amides is 1. The lowest BCUT2D eigenvalue weighted by molar-refractivity contribution is -0.119. The second-order valence-corrected chi connectivity index (χ2v) is 9.72. The van der Waals surface area contributed by atoms with E-state index in [0.29, 0.717) is 17.8 Å². The van der Waals surface area contributed by atoms with E-state index >= 15 is 0 Å². The lowest BCUT2D eigenvalue weighted by Crippen LogP contribution is -2.33. The van der Waals surface area contributed by atoms with Gasteiger partial charge in [0.2, 0.25) is 5.91 Å². The Kier molecular flexibility index (Phi) is 10.2. The van der Waals surface area contributed by atoms with Crippen molar-refractivity contribution in [2.24, 2.45) is 10.9 Å². The summed E-state index contributed by atoms with van der Waals surface area (Å²) in [6.45, 7) is 8.31. The number of anilines is 1. The number of hydrogen-bond acceptors (Lipinski definition) is 6. The van der Waals surface area contributed by atoms with Crippen molar-refractivity contribution in [2.45, 2.75) is 45.6 Å².